The highest BCUT2D eigenvalue weighted by molar-refractivity contribution is 7.89. The van der Waals surface area contributed by atoms with Gasteiger partial charge < -0.3 is 5.73 Å². The molecule has 3 heterocycles. The normalized spacial score (nSPS) is 20.9. The lowest BCUT2D eigenvalue weighted by Crippen LogP contribution is -2.44. The van der Waals surface area contributed by atoms with E-state index in [1.807, 2.05) is 0 Å². The maximum atomic E-state index is 12.8. The molecule has 114 valence electrons. The summed E-state index contributed by atoms with van der Waals surface area (Å²) >= 11 is 7.29. The van der Waals surface area contributed by atoms with Crippen LogP contribution in [0.4, 0.5) is 0 Å². The summed E-state index contributed by atoms with van der Waals surface area (Å²) in [6.07, 6.45) is 2.81. The molecule has 1 aliphatic heterocycles. The fourth-order valence-electron chi connectivity index (χ4n) is 2.48. The van der Waals surface area contributed by atoms with Gasteiger partial charge in [0, 0.05) is 24.7 Å². The summed E-state index contributed by atoms with van der Waals surface area (Å²) in [5, 5.41) is 1.63. The number of aromatic nitrogens is 2. The number of rotatable bonds is 3. The molecule has 1 saturated heterocycles. The van der Waals surface area contributed by atoms with Gasteiger partial charge in [-0.2, -0.15) is 4.31 Å². The minimum Gasteiger partial charge on any atom is -0.369 e. The van der Waals surface area contributed by atoms with E-state index in [-0.39, 0.29) is 16.7 Å². The molecule has 0 spiro atoms. The van der Waals surface area contributed by atoms with Gasteiger partial charge in [-0.05, 0) is 12.8 Å². The largest absolute Gasteiger partial charge is 0.369 e. The van der Waals surface area contributed by atoms with E-state index in [1.54, 1.807) is 11.6 Å². The Balaban J connectivity index is 2.02. The number of nitrogens with zero attached hydrogens (tertiary/aromatic N) is 3. The molecule has 21 heavy (non-hydrogen) atoms. The molecule has 0 bridgehead atoms. The number of amides is 1. The molecule has 7 nitrogen and oxygen atoms in total. The van der Waals surface area contributed by atoms with E-state index in [9.17, 15) is 13.2 Å². The second-order valence-corrected chi connectivity index (χ2v) is 7.95. The summed E-state index contributed by atoms with van der Waals surface area (Å²) < 4.78 is 28.3. The number of carbonyl (C=O) groups is 1. The van der Waals surface area contributed by atoms with Crippen molar-refractivity contribution in [2.45, 2.75) is 17.9 Å². The minimum absolute atomic E-state index is 0.0504. The number of halogens is 1. The Morgan fingerprint density at radius 2 is 2.29 bits per heavy atom. The zero-order valence-electron chi connectivity index (χ0n) is 10.9. The molecule has 0 saturated carbocycles. The maximum absolute atomic E-state index is 12.8. The van der Waals surface area contributed by atoms with Crippen LogP contribution in [0, 0.1) is 5.92 Å². The van der Waals surface area contributed by atoms with Crippen LogP contribution in [0.2, 0.25) is 5.15 Å². The summed E-state index contributed by atoms with van der Waals surface area (Å²) in [7, 11) is -3.81. The highest BCUT2D eigenvalue weighted by Gasteiger charge is 2.36. The fraction of sp³-hybridized carbons (Fsp3) is 0.455. The molecular formula is C11H13ClN4O3S2. The number of sulfonamides is 1. The first-order chi connectivity index (χ1) is 9.91. The molecule has 2 aromatic rings. The van der Waals surface area contributed by atoms with Gasteiger partial charge in [0.2, 0.25) is 5.91 Å². The molecule has 1 fully saturated rings. The van der Waals surface area contributed by atoms with Crippen LogP contribution in [0.1, 0.15) is 12.8 Å². The van der Waals surface area contributed by atoms with Crippen molar-refractivity contribution >= 4 is 43.8 Å². The smallest absolute Gasteiger partial charge is 0.262 e. The van der Waals surface area contributed by atoms with E-state index in [0.717, 1.165) is 0 Å². The zero-order chi connectivity index (χ0) is 15.2. The molecule has 0 radical (unpaired) electrons. The van der Waals surface area contributed by atoms with Gasteiger partial charge in [-0.25, -0.2) is 13.4 Å². The van der Waals surface area contributed by atoms with Crippen LogP contribution in [-0.4, -0.2) is 41.1 Å². The third-order valence-electron chi connectivity index (χ3n) is 3.55. The number of fused-ring (bicyclic) bond motifs is 1. The number of carbonyl (C=O) groups excluding carboxylic acids is 1. The lowest BCUT2D eigenvalue weighted by molar-refractivity contribution is -0.122. The fourth-order valence-corrected chi connectivity index (χ4v) is 5.41. The van der Waals surface area contributed by atoms with Gasteiger partial charge in [-0.1, -0.05) is 11.6 Å². The van der Waals surface area contributed by atoms with Gasteiger partial charge in [-0.3, -0.25) is 9.20 Å². The molecule has 0 unspecified atom stereocenters. The predicted octanol–water partition coefficient (Wildman–Crippen LogP) is 0.935. The van der Waals surface area contributed by atoms with Crippen LogP contribution < -0.4 is 5.73 Å². The lowest BCUT2D eigenvalue weighted by Gasteiger charge is -2.29. The Morgan fingerprint density at radius 1 is 1.52 bits per heavy atom. The van der Waals surface area contributed by atoms with Crippen LogP contribution >= 0.6 is 22.9 Å². The number of nitrogens with two attached hydrogens (primary N) is 1. The third kappa shape index (κ3) is 2.44. The quantitative estimate of drug-likeness (QED) is 0.892. The average Bonchev–Trinajstić information content (AvgIpc) is 2.98. The SMILES string of the molecule is NC(=O)[C@H]1CCCN(S(=O)(=O)c2c(Cl)nc3sccn23)C1. The number of imidazole rings is 1. The van der Waals surface area contributed by atoms with E-state index in [0.29, 0.717) is 24.3 Å². The monoisotopic (exact) mass is 348 g/mol. The summed E-state index contributed by atoms with van der Waals surface area (Å²) in [4.78, 5) is 15.9. The predicted molar refractivity (Wildman–Crippen MR) is 78.8 cm³/mol. The van der Waals surface area contributed by atoms with E-state index in [2.05, 4.69) is 4.98 Å². The van der Waals surface area contributed by atoms with Gasteiger partial charge in [0.15, 0.2) is 15.1 Å². The van der Waals surface area contributed by atoms with E-state index in [4.69, 9.17) is 17.3 Å². The van der Waals surface area contributed by atoms with Crippen LogP contribution in [0.25, 0.3) is 4.96 Å². The first kappa shape index (κ1) is 14.8. The summed E-state index contributed by atoms with van der Waals surface area (Å²) in [6.45, 7) is 0.436. The van der Waals surface area contributed by atoms with Crippen molar-refractivity contribution in [2.75, 3.05) is 13.1 Å². The van der Waals surface area contributed by atoms with Crippen molar-refractivity contribution in [3.63, 3.8) is 0 Å². The molecule has 2 aromatic heterocycles. The van der Waals surface area contributed by atoms with E-state index >= 15 is 0 Å². The molecular weight excluding hydrogens is 336 g/mol. The van der Waals surface area contributed by atoms with Crippen LogP contribution in [0.15, 0.2) is 16.6 Å². The lowest BCUT2D eigenvalue weighted by atomic mass is 9.99. The molecule has 0 aromatic carbocycles. The van der Waals surface area contributed by atoms with E-state index in [1.165, 1.54) is 20.0 Å². The summed E-state index contributed by atoms with van der Waals surface area (Å²) in [5.74, 6) is -0.937. The highest BCUT2D eigenvalue weighted by Crippen LogP contribution is 2.30. The van der Waals surface area contributed by atoms with Crippen molar-refractivity contribution in [1.29, 1.82) is 0 Å². The van der Waals surface area contributed by atoms with Crippen LogP contribution in [0.3, 0.4) is 0 Å². The Hall–Kier alpha value is -1.16. The second kappa shape index (κ2) is 5.24. The summed E-state index contributed by atoms with van der Waals surface area (Å²) in [6, 6.07) is 0. The van der Waals surface area contributed by atoms with Crippen molar-refractivity contribution < 1.29 is 13.2 Å². The Bertz CT molecular complexity index is 798. The first-order valence-electron chi connectivity index (χ1n) is 6.32. The summed E-state index contributed by atoms with van der Waals surface area (Å²) in [5.41, 5.74) is 5.29. The third-order valence-corrected chi connectivity index (χ3v) is 6.57. The molecule has 0 aliphatic carbocycles. The van der Waals surface area contributed by atoms with Gasteiger partial charge in [0.1, 0.15) is 0 Å². The minimum atomic E-state index is -3.81. The Morgan fingerprint density at radius 3 is 3.00 bits per heavy atom. The van der Waals surface area contributed by atoms with Crippen molar-refractivity contribution in [1.82, 2.24) is 13.7 Å². The molecule has 1 atom stereocenters. The average molecular weight is 349 g/mol. The standard InChI is InChI=1S/C11H13ClN4O3S2/c12-8-10(16-4-5-20-11(16)14-8)21(18,19)15-3-1-2-7(6-15)9(13)17/h4-5,7H,1-3,6H2,(H2,13,17)/t7-/m0/s1. The van der Waals surface area contributed by atoms with Crippen LogP contribution in [-0.2, 0) is 14.8 Å². The van der Waals surface area contributed by atoms with Gasteiger partial charge in [0.05, 0.1) is 5.92 Å². The molecule has 1 amide bonds. The first-order valence-corrected chi connectivity index (χ1v) is 9.01. The van der Waals surface area contributed by atoms with Crippen LogP contribution in [0.5, 0.6) is 0 Å². The van der Waals surface area contributed by atoms with Gasteiger partial charge >= 0.3 is 0 Å². The Kier molecular flexibility index (Phi) is 3.68. The maximum Gasteiger partial charge on any atom is 0.262 e. The second-order valence-electron chi connectivity index (χ2n) is 4.87. The molecule has 2 N–H and O–H groups in total. The zero-order valence-corrected chi connectivity index (χ0v) is 13.3. The number of piperidine rings is 1. The van der Waals surface area contributed by atoms with E-state index < -0.39 is 21.8 Å². The van der Waals surface area contributed by atoms with Crippen molar-refractivity contribution in [3.05, 3.63) is 16.7 Å². The molecule has 3 rings (SSSR count). The number of hydrogen-bond donors (Lipinski definition) is 1. The topological polar surface area (TPSA) is 97.8 Å². The highest BCUT2D eigenvalue weighted by atomic mass is 35.5. The molecule has 10 heteroatoms. The van der Waals surface area contributed by atoms with Crippen molar-refractivity contribution in [2.24, 2.45) is 11.7 Å². The Labute approximate surface area is 130 Å². The number of hydrogen-bond acceptors (Lipinski definition) is 5. The van der Waals surface area contributed by atoms with Gasteiger partial charge in [-0.15, -0.1) is 11.3 Å². The molecule has 1 aliphatic rings. The van der Waals surface area contributed by atoms with Gasteiger partial charge in [0.25, 0.3) is 10.0 Å². The number of thiazole rings is 1. The number of primary amides is 1. The van der Waals surface area contributed by atoms with Crippen molar-refractivity contribution in [3.8, 4) is 0 Å².